The van der Waals surface area contributed by atoms with Crippen molar-refractivity contribution in [3.63, 3.8) is 0 Å². The summed E-state index contributed by atoms with van der Waals surface area (Å²) in [6.07, 6.45) is 0. The highest BCUT2D eigenvalue weighted by atomic mass is 16.5. The Labute approximate surface area is 117 Å². The summed E-state index contributed by atoms with van der Waals surface area (Å²) < 4.78 is 10.9. The highest BCUT2D eigenvalue weighted by Crippen LogP contribution is 2.28. The van der Waals surface area contributed by atoms with Gasteiger partial charge in [0.1, 0.15) is 23.1 Å². The number of nitrogen functional groups attached to an aromatic ring is 1. The smallest absolute Gasteiger partial charge is 0.141 e. The monoisotopic (exact) mass is 271 g/mol. The average Bonchev–Trinajstić information content (AvgIpc) is 2.38. The number of nitrogens with two attached hydrogens (primary N) is 1. The van der Waals surface area contributed by atoms with Gasteiger partial charge in [-0.3, -0.25) is 10.4 Å². The number of rotatable bonds is 4. The SMILES string of the molecule is COc1ccc(Oc2cc(C)nc(C)c2C(=N)N)cc1. The van der Waals surface area contributed by atoms with Crippen LogP contribution in [-0.2, 0) is 0 Å². The average molecular weight is 271 g/mol. The molecule has 0 aliphatic heterocycles. The van der Waals surface area contributed by atoms with E-state index in [2.05, 4.69) is 4.98 Å². The van der Waals surface area contributed by atoms with E-state index < -0.39 is 0 Å². The summed E-state index contributed by atoms with van der Waals surface area (Å²) in [4.78, 5) is 4.30. The molecule has 5 nitrogen and oxygen atoms in total. The van der Waals surface area contributed by atoms with Gasteiger partial charge in [-0.1, -0.05) is 0 Å². The van der Waals surface area contributed by atoms with E-state index in [9.17, 15) is 0 Å². The van der Waals surface area contributed by atoms with E-state index in [1.165, 1.54) is 0 Å². The van der Waals surface area contributed by atoms with Gasteiger partial charge in [-0.2, -0.15) is 0 Å². The van der Waals surface area contributed by atoms with Crippen LogP contribution < -0.4 is 15.2 Å². The lowest BCUT2D eigenvalue weighted by Crippen LogP contribution is -2.15. The van der Waals surface area contributed by atoms with Crippen LogP contribution in [0.3, 0.4) is 0 Å². The van der Waals surface area contributed by atoms with Gasteiger partial charge in [0.05, 0.1) is 18.4 Å². The Morgan fingerprint density at radius 3 is 2.30 bits per heavy atom. The van der Waals surface area contributed by atoms with E-state index in [1.54, 1.807) is 25.3 Å². The second-order valence-corrected chi connectivity index (χ2v) is 4.41. The third-order valence-corrected chi connectivity index (χ3v) is 2.85. The topological polar surface area (TPSA) is 81.2 Å². The number of nitrogens with zero attached hydrogens (tertiary/aromatic N) is 1. The molecular formula is C15H17N3O2. The standard InChI is InChI=1S/C15H17N3O2/c1-9-8-13(14(15(16)17)10(2)18-9)20-12-6-4-11(19-3)5-7-12/h4-8H,1-3H3,(H3,16,17). The lowest BCUT2D eigenvalue weighted by Gasteiger charge is -2.13. The minimum Gasteiger partial charge on any atom is -0.497 e. The third kappa shape index (κ3) is 2.88. The normalized spacial score (nSPS) is 10.2. The molecule has 2 aromatic rings. The Kier molecular flexibility index (Phi) is 3.89. The van der Waals surface area contributed by atoms with E-state index >= 15 is 0 Å². The van der Waals surface area contributed by atoms with Gasteiger partial charge in [0, 0.05) is 11.8 Å². The molecule has 0 aliphatic rings. The minimum atomic E-state index is -0.0569. The summed E-state index contributed by atoms with van der Waals surface area (Å²) in [7, 11) is 1.61. The van der Waals surface area contributed by atoms with Crippen LogP contribution in [0.4, 0.5) is 0 Å². The van der Waals surface area contributed by atoms with Gasteiger partial charge in [0.15, 0.2) is 0 Å². The number of amidine groups is 1. The molecule has 0 unspecified atom stereocenters. The predicted molar refractivity (Wildman–Crippen MR) is 77.8 cm³/mol. The Morgan fingerprint density at radius 2 is 1.75 bits per heavy atom. The van der Waals surface area contributed by atoms with Crippen LogP contribution in [0.15, 0.2) is 30.3 Å². The van der Waals surface area contributed by atoms with Crippen LogP contribution in [0, 0.1) is 19.3 Å². The van der Waals surface area contributed by atoms with E-state index in [-0.39, 0.29) is 5.84 Å². The van der Waals surface area contributed by atoms with Gasteiger partial charge in [-0.25, -0.2) is 0 Å². The molecule has 3 N–H and O–H groups in total. The number of ether oxygens (including phenoxy) is 2. The quantitative estimate of drug-likeness (QED) is 0.661. The second kappa shape index (κ2) is 5.61. The summed E-state index contributed by atoms with van der Waals surface area (Å²) in [5.41, 5.74) is 7.63. The van der Waals surface area contributed by atoms with Crippen LogP contribution in [0.5, 0.6) is 17.2 Å². The number of hydrogen-bond acceptors (Lipinski definition) is 4. The Hall–Kier alpha value is -2.56. The zero-order valence-electron chi connectivity index (χ0n) is 11.7. The zero-order chi connectivity index (χ0) is 14.7. The van der Waals surface area contributed by atoms with Crippen molar-refractivity contribution in [3.05, 3.63) is 47.3 Å². The largest absolute Gasteiger partial charge is 0.497 e. The molecule has 104 valence electrons. The molecule has 0 aliphatic carbocycles. The zero-order valence-corrected chi connectivity index (χ0v) is 11.7. The Balaban J connectivity index is 2.39. The molecule has 1 aromatic carbocycles. The van der Waals surface area contributed by atoms with E-state index in [0.29, 0.717) is 22.8 Å². The van der Waals surface area contributed by atoms with Gasteiger partial charge in [-0.05, 0) is 38.1 Å². The molecule has 0 atom stereocenters. The van der Waals surface area contributed by atoms with E-state index in [0.717, 1.165) is 11.4 Å². The minimum absolute atomic E-state index is 0.0569. The summed E-state index contributed by atoms with van der Waals surface area (Å²) in [5, 5.41) is 7.66. The van der Waals surface area contributed by atoms with Crippen molar-refractivity contribution in [2.45, 2.75) is 13.8 Å². The number of methoxy groups -OCH3 is 1. The summed E-state index contributed by atoms with van der Waals surface area (Å²) >= 11 is 0. The summed E-state index contributed by atoms with van der Waals surface area (Å²) in [6.45, 7) is 3.68. The molecule has 0 spiro atoms. The highest BCUT2D eigenvalue weighted by Gasteiger charge is 2.13. The first-order valence-electron chi connectivity index (χ1n) is 6.16. The third-order valence-electron chi connectivity index (χ3n) is 2.85. The molecule has 0 fully saturated rings. The molecule has 2 rings (SSSR count). The van der Waals surface area contributed by atoms with Gasteiger partial charge >= 0.3 is 0 Å². The van der Waals surface area contributed by atoms with Crippen LogP contribution in [0.1, 0.15) is 17.0 Å². The lowest BCUT2D eigenvalue weighted by molar-refractivity contribution is 0.412. The molecule has 0 amide bonds. The van der Waals surface area contributed by atoms with Crippen LogP contribution in [-0.4, -0.2) is 17.9 Å². The lowest BCUT2D eigenvalue weighted by atomic mass is 10.1. The Morgan fingerprint density at radius 1 is 1.15 bits per heavy atom. The van der Waals surface area contributed by atoms with E-state index in [1.807, 2.05) is 26.0 Å². The predicted octanol–water partition coefficient (Wildman–Crippen LogP) is 2.78. The van der Waals surface area contributed by atoms with Gasteiger partial charge in [-0.15, -0.1) is 0 Å². The van der Waals surface area contributed by atoms with Crippen molar-refractivity contribution in [3.8, 4) is 17.2 Å². The van der Waals surface area contributed by atoms with Crippen molar-refractivity contribution in [1.29, 1.82) is 5.41 Å². The van der Waals surface area contributed by atoms with Crippen LogP contribution in [0.25, 0.3) is 0 Å². The first-order valence-corrected chi connectivity index (χ1v) is 6.16. The van der Waals surface area contributed by atoms with Crippen molar-refractivity contribution in [2.24, 2.45) is 5.73 Å². The first-order chi connectivity index (χ1) is 9.51. The van der Waals surface area contributed by atoms with Crippen LogP contribution >= 0.6 is 0 Å². The number of pyridine rings is 1. The number of aryl methyl sites for hydroxylation is 2. The second-order valence-electron chi connectivity index (χ2n) is 4.41. The number of aromatic nitrogens is 1. The van der Waals surface area contributed by atoms with Crippen molar-refractivity contribution in [1.82, 2.24) is 4.98 Å². The molecule has 20 heavy (non-hydrogen) atoms. The molecule has 0 radical (unpaired) electrons. The molecule has 0 saturated heterocycles. The van der Waals surface area contributed by atoms with Gasteiger partial charge in [0.25, 0.3) is 0 Å². The fourth-order valence-corrected chi connectivity index (χ4v) is 1.97. The van der Waals surface area contributed by atoms with Gasteiger partial charge < -0.3 is 15.2 Å². The van der Waals surface area contributed by atoms with Crippen molar-refractivity contribution in [2.75, 3.05) is 7.11 Å². The maximum atomic E-state index is 7.66. The molecule has 1 aromatic heterocycles. The molecule has 1 heterocycles. The summed E-state index contributed by atoms with van der Waals surface area (Å²) in [6, 6.07) is 8.99. The Bertz CT molecular complexity index is 636. The number of benzene rings is 1. The van der Waals surface area contributed by atoms with Gasteiger partial charge in [0.2, 0.25) is 0 Å². The number of nitrogens with one attached hydrogen (secondary N) is 1. The first kappa shape index (κ1) is 13.9. The molecule has 0 saturated carbocycles. The van der Waals surface area contributed by atoms with Crippen molar-refractivity contribution >= 4 is 5.84 Å². The van der Waals surface area contributed by atoms with Crippen molar-refractivity contribution < 1.29 is 9.47 Å². The molecule has 5 heteroatoms. The fraction of sp³-hybridized carbons (Fsp3) is 0.200. The molecular weight excluding hydrogens is 254 g/mol. The fourth-order valence-electron chi connectivity index (χ4n) is 1.97. The number of hydrogen-bond donors (Lipinski definition) is 2. The van der Waals surface area contributed by atoms with Crippen LogP contribution in [0.2, 0.25) is 0 Å². The maximum absolute atomic E-state index is 7.66. The van der Waals surface area contributed by atoms with E-state index in [4.69, 9.17) is 20.6 Å². The molecule has 0 bridgehead atoms. The highest BCUT2D eigenvalue weighted by molar-refractivity contribution is 5.98. The maximum Gasteiger partial charge on any atom is 0.141 e. The summed E-state index contributed by atoms with van der Waals surface area (Å²) in [5.74, 6) is 1.88.